The second kappa shape index (κ2) is 3.59. The molecule has 11 heavy (non-hydrogen) atoms. The van der Waals surface area contributed by atoms with Gasteiger partial charge in [-0.1, -0.05) is 43.3 Å². The van der Waals surface area contributed by atoms with Crippen molar-refractivity contribution in [2.75, 3.05) is 0 Å². The van der Waals surface area contributed by atoms with Gasteiger partial charge in [-0.3, -0.25) is 0 Å². The minimum absolute atomic E-state index is 0.838. The van der Waals surface area contributed by atoms with E-state index in [4.69, 9.17) is 11.6 Å². The normalized spacial score (nSPS) is 9.64. The van der Waals surface area contributed by atoms with Crippen LogP contribution in [0.15, 0.2) is 24.8 Å². The summed E-state index contributed by atoms with van der Waals surface area (Å²) in [5.41, 5.74) is 2.32. The summed E-state index contributed by atoms with van der Waals surface area (Å²) in [5, 5.41) is 0.838. The molecule has 0 amide bonds. The molecular weight excluding hydrogens is 156 g/mol. The molecule has 0 unspecified atom stereocenters. The highest BCUT2D eigenvalue weighted by Gasteiger charge is 2.00. The molecule has 0 saturated carbocycles. The van der Waals surface area contributed by atoms with Gasteiger partial charge in [-0.15, -0.1) is 0 Å². The lowest BCUT2D eigenvalue weighted by Gasteiger charge is -2.04. The van der Waals surface area contributed by atoms with Crippen LogP contribution in [0, 0.1) is 0 Å². The third kappa shape index (κ3) is 1.63. The molecule has 58 valence electrons. The highest BCUT2D eigenvalue weighted by atomic mass is 35.5. The Kier molecular flexibility index (Phi) is 2.72. The highest BCUT2D eigenvalue weighted by molar-refractivity contribution is 6.31. The SMILES string of the molecule is C=Cc1cccc(Cl)c1CC. The fraction of sp³-hybridized carbons (Fsp3) is 0.200. The summed E-state index contributed by atoms with van der Waals surface area (Å²) in [5.74, 6) is 0. The van der Waals surface area contributed by atoms with E-state index < -0.39 is 0 Å². The number of rotatable bonds is 2. The van der Waals surface area contributed by atoms with Crippen LogP contribution < -0.4 is 0 Å². The summed E-state index contributed by atoms with van der Waals surface area (Å²) in [4.78, 5) is 0. The van der Waals surface area contributed by atoms with Gasteiger partial charge in [-0.05, 0) is 23.6 Å². The molecule has 0 aliphatic heterocycles. The lowest BCUT2D eigenvalue weighted by molar-refractivity contribution is 1.13. The van der Waals surface area contributed by atoms with E-state index in [0.717, 1.165) is 17.0 Å². The second-order valence-corrected chi connectivity index (χ2v) is 2.77. The van der Waals surface area contributed by atoms with Crippen molar-refractivity contribution >= 4 is 17.7 Å². The van der Waals surface area contributed by atoms with Gasteiger partial charge in [0.05, 0.1) is 0 Å². The molecule has 1 aromatic rings. The molecule has 1 rings (SSSR count). The van der Waals surface area contributed by atoms with Crippen molar-refractivity contribution < 1.29 is 0 Å². The fourth-order valence-electron chi connectivity index (χ4n) is 1.14. The average Bonchev–Trinajstić information content (AvgIpc) is 2.04. The van der Waals surface area contributed by atoms with E-state index in [1.54, 1.807) is 0 Å². The van der Waals surface area contributed by atoms with E-state index in [0.29, 0.717) is 0 Å². The maximum atomic E-state index is 5.96. The van der Waals surface area contributed by atoms with Crippen molar-refractivity contribution in [2.24, 2.45) is 0 Å². The van der Waals surface area contributed by atoms with Gasteiger partial charge >= 0.3 is 0 Å². The van der Waals surface area contributed by atoms with Crippen molar-refractivity contribution in [3.8, 4) is 0 Å². The Balaban J connectivity index is 3.23. The van der Waals surface area contributed by atoms with Crippen molar-refractivity contribution in [3.05, 3.63) is 40.9 Å². The van der Waals surface area contributed by atoms with E-state index >= 15 is 0 Å². The minimum atomic E-state index is 0.838. The number of hydrogen-bond donors (Lipinski definition) is 0. The summed E-state index contributed by atoms with van der Waals surface area (Å²) in [7, 11) is 0. The maximum absolute atomic E-state index is 5.96. The molecule has 0 nitrogen and oxygen atoms in total. The van der Waals surface area contributed by atoms with E-state index in [-0.39, 0.29) is 0 Å². The smallest absolute Gasteiger partial charge is 0.0443 e. The van der Waals surface area contributed by atoms with E-state index in [1.807, 2.05) is 24.3 Å². The maximum Gasteiger partial charge on any atom is 0.0443 e. The quantitative estimate of drug-likeness (QED) is 0.631. The molecule has 0 bridgehead atoms. The van der Waals surface area contributed by atoms with Crippen molar-refractivity contribution in [3.63, 3.8) is 0 Å². The largest absolute Gasteiger partial charge is 0.0985 e. The van der Waals surface area contributed by atoms with Gasteiger partial charge in [-0.2, -0.15) is 0 Å². The van der Waals surface area contributed by atoms with Gasteiger partial charge in [0.2, 0.25) is 0 Å². The summed E-state index contributed by atoms with van der Waals surface area (Å²) in [6.45, 7) is 5.81. The predicted molar refractivity (Wildman–Crippen MR) is 50.9 cm³/mol. The van der Waals surface area contributed by atoms with Gasteiger partial charge < -0.3 is 0 Å². The van der Waals surface area contributed by atoms with Crippen LogP contribution in [0.2, 0.25) is 5.02 Å². The van der Waals surface area contributed by atoms with Crippen LogP contribution in [0.25, 0.3) is 6.08 Å². The van der Waals surface area contributed by atoms with Gasteiger partial charge in [0, 0.05) is 5.02 Å². The molecule has 0 fully saturated rings. The van der Waals surface area contributed by atoms with Gasteiger partial charge in [0.25, 0.3) is 0 Å². The Hall–Kier alpha value is -0.750. The van der Waals surface area contributed by atoms with Crippen LogP contribution in [0.4, 0.5) is 0 Å². The second-order valence-electron chi connectivity index (χ2n) is 2.37. The van der Waals surface area contributed by atoms with Crippen LogP contribution in [0.5, 0.6) is 0 Å². The number of benzene rings is 1. The van der Waals surface area contributed by atoms with Crippen LogP contribution in [-0.2, 0) is 6.42 Å². The molecule has 0 N–H and O–H groups in total. The average molecular weight is 167 g/mol. The zero-order valence-corrected chi connectivity index (χ0v) is 7.36. The molecule has 0 aliphatic rings. The summed E-state index contributed by atoms with van der Waals surface area (Å²) in [6, 6.07) is 5.88. The molecule has 0 spiro atoms. The monoisotopic (exact) mass is 166 g/mol. The lowest BCUT2D eigenvalue weighted by Crippen LogP contribution is -1.86. The van der Waals surface area contributed by atoms with Gasteiger partial charge in [-0.25, -0.2) is 0 Å². The zero-order valence-electron chi connectivity index (χ0n) is 6.60. The van der Waals surface area contributed by atoms with E-state index in [1.165, 1.54) is 5.56 Å². The van der Waals surface area contributed by atoms with Crippen molar-refractivity contribution in [2.45, 2.75) is 13.3 Å². The van der Waals surface area contributed by atoms with E-state index in [2.05, 4.69) is 13.5 Å². The minimum Gasteiger partial charge on any atom is -0.0985 e. The highest BCUT2D eigenvalue weighted by Crippen LogP contribution is 2.20. The molecule has 1 aromatic carbocycles. The third-order valence-corrected chi connectivity index (χ3v) is 2.08. The topological polar surface area (TPSA) is 0 Å². The molecule has 0 heterocycles. The van der Waals surface area contributed by atoms with E-state index in [9.17, 15) is 0 Å². The zero-order chi connectivity index (χ0) is 8.27. The Bertz CT molecular complexity index is 264. The Morgan fingerprint density at radius 1 is 1.55 bits per heavy atom. The number of halogens is 1. The van der Waals surface area contributed by atoms with Crippen molar-refractivity contribution in [1.82, 2.24) is 0 Å². The van der Waals surface area contributed by atoms with Crippen molar-refractivity contribution in [1.29, 1.82) is 0 Å². The molecule has 0 atom stereocenters. The van der Waals surface area contributed by atoms with Gasteiger partial charge in [0.15, 0.2) is 0 Å². The molecule has 1 heteroatoms. The summed E-state index contributed by atoms with van der Waals surface area (Å²) >= 11 is 5.96. The fourth-order valence-corrected chi connectivity index (χ4v) is 1.46. The molecule has 0 aromatic heterocycles. The van der Waals surface area contributed by atoms with Crippen LogP contribution in [0.3, 0.4) is 0 Å². The summed E-state index contributed by atoms with van der Waals surface area (Å²) in [6.07, 6.45) is 2.80. The molecular formula is C10H11Cl. The van der Waals surface area contributed by atoms with Crippen LogP contribution >= 0.6 is 11.6 Å². The van der Waals surface area contributed by atoms with Crippen LogP contribution in [0.1, 0.15) is 18.1 Å². The first-order valence-electron chi connectivity index (χ1n) is 3.69. The molecule has 0 aliphatic carbocycles. The first-order valence-corrected chi connectivity index (χ1v) is 4.07. The number of hydrogen-bond acceptors (Lipinski definition) is 0. The molecule has 0 radical (unpaired) electrons. The van der Waals surface area contributed by atoms with Gasteiger partial charge in [0.1, 0.15) is 0 Å². The van der Waals surface area contributed by atoms with Crippen LogP contribution in [-0.4, -0.2) is 0 Å². The predicted octanol–water partition coefficient (Wildman–Crippen LogP) is 3.55. The Morgan fingerprint density at radius 2 is 2.27 bits per heavy atom. The Morgan fingerprint density at radius 3 is 2.73 bits per heavy atom. The first-order chi connectivity index (χ1) is 5.29. The third-order valence-electron chi connectivity index (χ3n) is 1.73. The lowest BCUT2D eigenvalue weighted by atomic mass is 10.1. The standard InChI is InChI=1S/C10H11Cl/c1-3-8-6-5-7-10(11)9(8)4-2/h3,5-7H,1,4H2,2H3. The first kappa shape index (κ1) is 8.35. The summed E-state index contributed by atoms with van der Waals surface area (Å²) < 4.78 is 0. The molecule has 0 saturated heterocycles. The Labute approximate surface area is 72.5 Å².